The number of amides is 1. The van der Waals surface area contributed by atoms with Gasteiger partial charge in [-0.25, -0.2) is 0 Å². The Morgan fingerprint density at radius 2 is 1.96 bits per heavy atom. The topological polar surface area (TPSA) is 92.1 Å². The summed E-state index contributed by atoms with van der Waals surface area (Å²) in [5.74, 6) is 0.635. The Bertz CT molecular complexity index is 974. The molecule has 0 bridgehead atoms. The number of thiocarbonyl (C=S) groups is 1. The van der Waals surface area contributed by atoms with Crippen molar-refractivity contribution < 1.29 is 9.32 Å². The highest BCUT2D eigenvalue weighted by molar-refractivity contribution is 7.80. The summed E-state index contributed by atoms with van der Waals surface area (Å²) in [5.41, 5.74) is 7.88. The first-order valence-electron chi connectivity index (χ1n) is 8.50. The van der Waals surface area contributed by atoms with E-state index in [4.69, 9.17) is 28.3 Å². The van der Waals surface area contributed by atoms with E-state index in [1.165, 1.54) is 0 Å². The smallest absolute Gasteiger partial charge is 0.238 e. The minimum Gasteiger partial charge on any atom is -0.339 e. The third-order valence-corrected chi connectivity index (χ3v) is 4.18. The predicted molar refractivity (Wildman–Crippen MR) is 112 cm³/mol. The number of rotatable bonds is 5. The van der Waals surface area contributed by atoms with Gasteiger partial charge in [0.05, 0.1) is 0 Å². The van der Waals surface area contributed by atoms with Crippen LogP contribution in [0, 0.1) is 6.92 Å². The highest BCUT2D eigenvalue weighted by atomic mass is 35.5. The Labute approximate surface area is 172 Å². The average molecular weight is 416 g/mol. The van der Waals surface area contributed by atoms with Crippen LogP contribution in [0.1, 0.15) is 17.9 Å². The fourth-order valence-corrected chi connectivity index (χ4v) is 2.67. The number of aryl methyl sites for hydroxylation is 2. The van der Waals surface area contributed by atoms with Crippen LogP contribution in [0.25, 0.3) is 11.4 Å². The maximum atomic E-state index is 12.0. The first kappa shape index (κ1) is 19.8. The van der Waals surface area contributed by atoms with Crippen LogP contribution >= 0.6 is 23.8 Å². The van der Waals surface area contributed by atoms with E-state index < -0.39 is 0 Å². The zero-order chi connectivity index (χ0) is 19.9. The zero-order valence-electron chi connectivity index (χ0n) is 15.0. The molecule has 0 saturated heterocycles. The summed E-state index contributed by atoms with van der Waals surface area (Å²) in [6.45, 7) is 2.01. The van der Waals surface area contributed by atoms with Crippen molar-refractivity contribution in [2.24, 2.45) is 0 Å². The lowest BCUT2D eigenvalue weighted by atomic mass is 10.1. The lowest BCUT2D eigenvalue weighted by Crippen LogP contribution is -2.43. The molecular formula is C19H18ClN5O2S. The summed E-state index contributed by atoms with van der Waals surface area (Å²) in [7, 11) is 0. The van der Waals surface area contributed by atoms with Gasteiger partial charge in [0.1, 0.15) is 0 Å². The van der Waals surface area contributed by atoms with Crippen molar-refractivity contribution in [3.8, 4) is 11.4 Å². The SMILES string of the molecule is Cc1ccc(-c2noc(CCC(=O)NNC(=S)Nc3cccc(Cl)c3)n2)cc1. The molecule has 3 aromatic rings. The monoisotopic (exact) mass is 415 g/mol. The first-order chi connectivity index (χ1) is 13.5. The molecule has 0 saturated carbocycles. The molecule has 0 spiro atoms. The van der Waals surface area contributed by atoms with Gasteiger partial charge in [-0.3, -0.25) is 15.6 Å². The van der Waals surface area contributed by atoms with E-state index in [1.54, 1.807) is 18.2 Å². The maximum absolute atomic E-state index is 12.0. The fraction of sp³-hybridized carbons (Fsp3) is 0.158. The second kappa shape index (κ2) is 9.29. The lowest BCUT2D eigenvalue weighted by Gasteiger charge is -2.11. The summed E-state index contributed by atoms with van der Waals surface area (Å²) in [6.07, 6.45) is 0.489. The van der Waals surface area contributed by atoms with Crippen molar-refractivity contribution in [3.05, 3.63) is 65.0 Å². The van der Waals surface area contributed by atoms with Gasteiger partial charge < -0.3 is 9.84 Å². The molecule has 0 atom stereocenters. The molecule has 0 radical (unpaired) electrons. The number of hydrazine groups is 1. The molecule has 7 nitrogen and oxygen atoms in total. The van der Waals surface area contributed by atoms with E-state index in [1.807, 2.05) is 37.3 Å². The van der Waals surface area contributed by atoms with E-state index in [0.717, 1.165) is 11.1 Å². The summed E-state index contributed by atoms with van der Waals surface area (Å²) >= 11 is 11.0. The van der Waals surface area contributed by atoms with E-state index in [0.29, 0.717) is 28.8 Å². The van der Waals surface area contributed by atoms with Crippen LogP contribution in [0.2, 0.25) is 5.02 Å². The van der Waals surface area contributed by atoms with Crippen molar-refractivity contribution in [2.75, 3.05) is 5.32 Å². The van der Waals surface area contributed by atoms with Crippen molar-refractivity contribution in [2.45, 2.75) is 19.8 Å². The van der Waals surface area contributed by atoms with Crippen LogP contribution in [0.5, 0.6) is 0 Å². The minimum atomic E-state index is -0.259. The number of nitrogens with one attached hydrogen (secondary N) is 3. The number of anilines is 1. The van der Waals surface area contributed by atoms with Gasteiger partial charge in [0, 0.05) is 29.1 Å². The van der Waals surface area contributed by atoms with E-state index in [-0.39, 0.29) is 17.4 Å². The van der Waals surface area contributed by atoms with Gasteiger partial charge in [0.15, 0.2) is 5.11 Å². The van der Waals surface area contributed by atoms with E-state index >= 15 is 0 Å². The van der Waals surface area contributed by atoms with Gasteiger partial charge in [-0.1, -0.05) is 52.7 Å². The Morgan fingerprint density at radius 1 is 1.18 bits per heavy atom. The second-order valence-corrected chi connectivity index (χ2v) is 6.86. The van der Waals surface area contributed by atoms with Gasteiger partial charge in [0.2, 0.25) is 17.6 Å². The third kappa shape index (κ3) is 5.77. The summed E-state index contributed by atoms with van der Waals surface area (Å²) in [4.78, 5) is 16.3. The molecule has 1 heterocycles. The number of carbonyl (C=O) groups is 1. The van der Waals surface area contributed by atoms with Crippen molar-refractivity contribution in [3.63, 3.8) is 0 Å². The molecule has 2 aromatic carbocycles. The standard InChI is InChI=1S/C19H18ClN5O2S/c1-12-5-7-13(8-6-12)18-22-17(27-25-18)10-9-16(26)23-24-19(28)21-15-4-2-3-14(20)11-15/h2-8,11H,9-10H2,1H3,(H,23,26)(H2,21,24,28). The number of carbonyl (C=O) groups excluding carboxylic acids is 1. The molecule has 3 rings (SSSR count). The molecule has 144 valence electrons. The molecule has 0 aliphatic carbocycles. The number of hydrogen-bond acceptors (Lipinski definition) is 5. The number of hydrogen-bond donors (Lipinski definition) is 3. The minimum absolute atomic E-state index is 0.169. The first-order valence-corrected chi connectivity index (χ1v) is 9.29. The highest BCUT2D eigenvalue weighted by Gasteiger charge is 2.11. The molecule has 28 heavy (non-hydrogen) atoms. The predicted octanol–water partition coefficient (Wildman–Crippen LogP) is 3.65. The Kier molecular flexibility index (Phi) is 6.57. The van der Waals surface area contributed by atoms with Gasteiger partial charge in [-0.2, -0.15) is 4.98 Å². The zero-order valence-corrected chi connectivity index (χ0v) is 16.6. The largest absolute Gasteiger partial charge is 0.339 e. The summed E-state index contributed by atoms with van der Waals surface area (Å²) in [5, 5.41) is 7.69. The van der Waals surface area contributed by atoms with Crippen molar-refractivity contribution in [1.82, 2.24) is 21.0 Å². The molecule has 3 N–H and O–H groups in total. The van der Waals surface area contributed by atoms with E-state index in [9.17, 15) is 4.79 Å². The number of aromatic nitrogens is 2. The molecule has 0 aliphatic rings. The molecule has 0 fully saturated rings. The molecule has 1 aromatic heterocycles. The molecule has 0 aliphatic heterocycles. The van der Waals surface area contributed by atoms with Crippen molar-refractivity contribution >= 4 is 40.5 Å². The third-order valence-electron chi connectivity index (χ3n) is 3.74. The van der Waals surface area contributed by atoms with Crippen LogP contribution in [-0.4, -0.2) is 21.2 Å². The van der Waals surface area contributed by atoms with Crippen LogP contribution < -0.4 is 16.2 Å². The Hall–Kier alpha value is -2.97. The number of nitrogens with zero attached hydrogens (tertiary/aromatic N) is 2. The number of halogens is 1. The van der Waals surface area contributed by atoms with Gasteiger partial charge in [-0.15, -0.1) is 0 Å². The van der Waals surface area contributed by atoms with Gasteiger partial charge >= 0.3 is 0 Å². The Morgan fingerprint density at radius 3 is 2.71 bits per heavy atom. The van der Waals surface area contributed by atoms with Crippen molar-refractivity contribution in [1.29, 1.82) is 0 Å². The maximum Gasteiger partial charge on any atom is 0.238 e. The lowest BCUT2D eigenvalue weighted by molar-refractivity contribution is -0.121. The normalized spacial score (nSPS) is 10.4. The summed E-state index contributed by atoms with van der Waals surface area (Å²) in [6, 6.07) is 14.9. The average Bonchev–Trinajstić information content (AvgIpc) is 3.14. The van der Waals surface area contributed by atoms with E-state index in [2.05, 4.69) is 26.3 Å². The molecular weight excluding hydrogens is 398 g/mol. The van der Waals surface area contributed by atoms with Crippen LogP contribution in [-0.2, 0) is 11.2 Å². The fourth-order valence-electron chi connectivity index (χ4n) is 2.31. The molecule has 0 unspecified atom stereocenters. The van der Waals surface area contributed by atoms with Gasteiger partial charge in [-0.05, 0) is 37.3 Å². The number of benzene rings is 2. The Balaban J connectivity index is 1.43. The van der Waals surface area contributed by atoms with Crippen LogP contribution in [0.3, 0.4) is 0 Å². The van der Waals surface area contributed by atoms with Gasteiger partial charge in [0.25, 0.3) is 0 Å². The second-order valence-electron chi connectivity index (χ2n) is 6.02. The summed E-state index contributed by atoms with van der Waals surface area (Å²) < 4.78 is 5.20. The van der Waals surface area contributed by atoms with Crippen LogP contribution in [0.15, 0.2) is 53.1 Å². The van der Waals surface area contributed by atoms with Crippen LogP contribution in [0.4, 0.5) is 5.69 Å². The molecule has 1 amide bonds. The highest BCUT2D eigenvalue weighted by Crippen LogP contribution is 2.17. The quantitative estimate of drug-likeness (QED) is 0.432. The molecule has 9 heteroatoms.